The lowest BCUT2D eigenvalue weighted by Crippen LogP contribution is -2.17. The van der Waals surface area contributed by atoms with Gasteiger partial charge in [-0.1, -0.05) is 165 Å². The molecule has 0 radical (unpaired) electrons. The zero-order valence-corrected chi connectivity index (χ0v) is 37.6. The van der Waals surface area contributed by atoms with Gasteiger partial charge in [0.05, 0.1) is 27.8 Å². The van der Waals surface area contributed by atoms with Gasteiger partial charge in [-0.2, -0.15) is 0 Å². The Morgan fingerprint density at radius 1 is 0.530 bits per heavy atom. The Balaban J connectivity index is 1.36. The number of para-hydroxylation sites is 1. The highest BCUT2D eigenvalue weighted by Gasteiger charge is 2.29. The smallest absolute Gasteiger partial charge is 0.149 e. The van der Waals surface area contributed by atoms with Crippen molar-refractivity contribution in [2.75, 3.05) is 0 Å². The first kappa shape index (κ1) is 26.8. The summed E-state index contributed by atoms with van der Waals surface area (Å²) in [5.41, 5.74) is -0.429. The van der Waals surface area contributed by atoms with Crippen LogP contribution in [0.15, 0.2) is 164 Å². The maximum absolute atomic E-state index is 12.6. The summed E-state index contributed by atoms with van der Waals surface area (Å²) in [7, 11) is 0. The van der Waals surface area contributed by atoms with Gasteiger partial charge in [-0.25, -0.2) is 4.98 Å². The third-order valence-corrected chi connectivity index (χ3v) is 11.9. The number of phenols is 1. The molecule has 0 fully saturated rings. The predicted molar refractivity (Wildman–Crippen MR) is 279 cm³/mol. The first-order chi connectivity index (χ1) is 39.2. The molecule has 4 nitrogen and oxygen atoms in total. The van der Waals surface area contributed by atoms with Crippen LogP contribution in [0.5, 0.6) is 5.75 Å². The minimum absolute atomic E-state index is 0.0516. The number of fused-ring (bicyclic) bond motifs is 1. The van der Waals surface area contributed by atoms with E-state index in [1.807, 2.05) is 108 Å². The van der Waals surface area contributed by atoms with Crippen LogP contribution in [0.3, 0.4) is 0 Å². The van der Waals surface area contributed by atoms with E-state index in [1.54, 1.807) is 53.1 Å². The van der Waals surface area contributed by atoms with Crippen molar-refractivity contribution in [2.24, 2.45) is 0 Å². The highest BCUT2D eigenvalue weighted by Crippen LogP contribution is 2.45. The SMILES string of the molecule is [2H]c1c([2H])c(C(C([2H])([2H])[2H])(C([2H])([2H])[2H])C([2H])([2H])[2H])c([2H])c([2H])c1-c1ccnc(-c2cc(-c3ccccc3)cc(-c3cccc4c3nc(-c3cc(C(C)(C)C)cc(C(C)(C)C)c3O)n4-c3cc(-c4ccccc4)c(C([2H])([2H])[2H])c(C([2H])([2H])[2H])c3)c2)c1. The Morgan fingerprint density at radius 3 is 1.89 bits per heavy atom. The normalized spacial score (nSPS) is 17.4. The van der Waals surface area contributed by atoms with Crippen LogP contribution < -0.4 is 0 Å². The van der Waals surface area contributed by atoms with Gasteiger partial charge in [0.25, 0.3) is 0 Å². The highest BCUT2D eigenvalue weighted by molar-refractivity contribution is 5.98. The molecule has 0 aliphatic carbocycles. The number of imidazole rings is 1. The monoisotopic (exact) mass is 883 g/mol. The summed E-state index contributed by atoms with van der Waals surface area (Å²) in [5, 5.41) is 12.6. The standard InChI is InChI=1S/C62H61N3O/c1-39-31-50(38-52(40(39)2)43-21-16-13-17-22-43)65-56-24-18-23-51(57(56)64-59(65)53-36-49(61(6,7)8)37-54(58(53)66)62(9,10)11)46-32-45(41-19-14-12-15-20-41)33-47(34-46)55-35-44(29-30-63-55)42-25-27-48(28-26-42)60(3,4)5/h12-38,66H,1-11H3/i1D3,2D3,3D3,4D3,5D3,25D,26D,27D,28D. The number of aryl methyl sites for hydroxylation is 1. The first-order valence-corrected chi connectivity index (χ1v) is 21.6. The van der Waals surface area contributed by atoms with E-state index in [4.69, 9.17) is 33.3 Å². The first-order valence-electron chi connectivity index (χ1n) is 31.1. The second-order valence-electron chi connectivity index (χ2n) is 18.7. The topological polar surface area (TPSA) is 50.9 Å². The van der Waals surface area contributed by atoms with Crippen LogP contribution in [0.4, 0.5) is 0 Å². The van der Waals surface area contributed by atoms with Gasteiger partial charge >= 0.3 is 0 Å². The van der Waals surface area contributed by atoms with E-state index in [0.29, 0.717) is 50.0 Å². The number of aromatic hydroxyl groups is 1. The molecule has 0 bridgehead atoms. The number of hydrogen-bond acceptors (Lipinski definition) is 3. The van der Waals surface area contributed by atoms with E-state index in [-0.39, 0.29) is 45.2 Å². The van der Waals surface area contributed by atoms with Crippen LogP contribution >= 0.6 is 0 Å². The molecule has 0 saturated carbocycles. The van der Waals surface area contributed by atoms with E-state index >= 15 is 0 Å². The quantitative estimate of drug-likeness (QED) is 0.173. The van der Waals surface area contributed by atoms with Crippen LogP contribution in [-0.2, 0) is 16.2 Å². The van der Waals surface area contributed by atoms with Crippen molar-refractivity contribution in [3.63, 3.8) is 0 Å². The van der Waals surface area contributed by atoms with Crippen molar-refractivity contribution in [2.45, 2.75) is 92.0 Å². The third-order valence-electron chi connectivity index (χ3n) is 11.9. The Morgan fingerprint density at radius 2 is 1.23 bits per heavy atom. The fourth-order valence-electron chi connectivity index (χ4n) is 8.30. The van der Waals surface area contributed by atoms with Crippen LogP contribution in [-0.4, -0.2) is 19.6 Å². The molecule has 330 valence electrons. The van der Waals surface area contributed by atoms with Gasteiger partial charge in [-0.15, -0.1) is 0 Å². The third kappa shape index (κ3) is 8.49. The maximum Gasteiger partial charge on any atom is 0.149 e. The Hall–Kier alpha value is -7.04. The van der Waals surface area contributed by atoms with Gasteiger partial charge < -0.3 is 5.11 Å². The number of pyridine rings is 1. The van der Waals surface area contributed by atoms with Crippen molar-refractivity contribution >= 4 is 11.0 Å². The van der Waals surface area contributed by atoms with Crippen molar-refractivity contribution in [1.82, 2.24) is 14.5 Å². The van der Waals surface area contributed by atoms with Gasteiger partial charge in [0.15, 0.2) is 0 Å². The van der Waals surface area contributed by atoms with Crippen molar-refractivity contribution < 1.29 is 31.2 Å². The fourth-order valence-corrected chi connectivity index (χ4v) is 8.30. The molecule has 66 heavy (non-hydrogen) atoms. The van der Waals surface area contributed by atoms with E-state index in [9.17, 15) is 7.85 Å². The minimum Gasteiger partial charge on any atom is -0.507 e. The Bertz CT molecular complexity index is 4000. The summed E-state index contributed by atoms with van der Waals surface area (Å²) in [6.07, 6.45) is 1.37. The number of aromatic nitrogens is 3. The maximum atomic E-state index is 12.6. The zero-order valence-electron chi connectivity index (χ0n) is 56.6. The molecule has 9 rings (SSSR count). The molecular formula is C62H61N3O. The lowest BCUT2D eigenvalue weighted by atomic mass is 9.79. The van der Waals surface area contributed by atoms with E-state index < -0.39 is 85.8 Å². The summed E-state index contributed by atoms with van der Waals surface area (Å²) < 4.78 is 165. The van der Waals surface area contributed by atoms with Crippen LogP contribution in [0.2, 0.25) is 0 Å². The van der Waals surface area contributed by atoms with E-state index in [2.05, 4.69) is 0 Å². The molecular weight excluding hydrogens is 803 g/mol. The molecule has 0 spiro atoms. The Labute approximate surface area is 418 Å². The molecule has 0 amide bonds. The lowest BCUT2D eigenvalue weighted by molar-refractivity contribution is 0.446. The van der Waals surface area contributed by atoms with Gasteiger partial charge in [0.1, 0.15) is 11.6 Å². The second-order valence-corrected chi connectivity index (χ2v) is 18.7. The second kappa shape index (κ2) is 16.7. The Kier molecular flexibility index (Phi) is 6.80. The lowest BCUT2D eigenvalue weighted by Gasteiger charge is -2.27. The van der Waals surface area contributed by atoms with Gasteiger partial charge in [-0.3, -0.25) is 9.55 Å². The summed E-state index contributed by atoms with van der Waals surface area (Å²) in [4.78, 5) is 10.1. The van der Waals surface area contributed by atoms with Gasteiger partial charge in [-0.05, 0) is 146 Å². The summed E-state index contributed by atoms with van der Waals surface area (Å²) in [6, 6.07) is 34.8. The number of benzene rings is 7. The van der Waals surface area contributed by atoms with Gasteiger partial charge in [0, 0.05) is 49.1 Å². The zero-order chi connectivity index (χ0) is 62.7. The number of rotatable bonds is 7. The molecule has 7 aromatic carbocycles. The molecule has 1 N–H and O–H groups in total. The average Bonchev–Trinajstić information content (AvgIpc) is 1.08. The molecule has 9 aromatic rings. The molecule has 4 heteroatoms. The number of phenolic OH excluding ortho intramolecular Hbond substituents is 1. The largest absolute Gasteiger partial charge is 0.507 e. The number of hydrogen-bond donors (Lipinski definition) is 1. The average molecular weight is 883 g/mol. The van der Waals surface area contributed by atoms with Crippen molar-refractivity contribution in [3.05, 3.63) is 192 Å². The molecule has 0 atom stereocenters. The molecule has 0 aliphatic rings. The summed E-state index contributed by atoms with van der Waals surface area (Å²) in [5.74, 6) is 0.140. The highest BCUT2D eigenvalue weighted by atomic mass is 16.3. The van der Waals surface area contributed by atoms with Crippen molar-refractivity contribution in [1.29, 1.82) is 0 Å². The van der Waals surface area contributed by atoms with Crippen LogP contribution in [0.25, 0.3) is 83.9 Å². The summed E-state index contributed by atoms with van der Waals surface area (Å²) in [6.45, 7) is -5.30. The molecule has 0 unspecified atom stereocenters. The fraction of sp³-hybridized carbons (Fsp3) is 0.226. The molecule has 2 aromatic heterocycles. The number of nitrogens with zero attached hydrogens (tertiary/aromatic N) is 3. The van der Waals surface area contributed by atoms with E-state index in [1.165, 1.54) is 24.4 Å². The van der Waals surface area contributed by atoms with E-state index in [0.717, 1.165) is 11.1 Å². The summed E-state index contributed by atoms with van der Waals surface area (Å²) >= 11 is 0. The molecule has 2 heterocycles. The van der Waals surface area contributed by atoms with Crippen LogP contribution in [0, 0.1) is 13.7 Å². The molecule has 0 saturated heterocycles. The van der Waals surface area contributed by atoms with Crippen LogP contribution in [0.1, 0.15) is 116 Å². The van der Waals surface area contributed by atoms with Crippen molar-refractivity contribution in [3.8, 4) is 78.6 Å². The van der Waals surface area contributed by atoms with Gasteiger partial charge in [0.2, 0.25) is 0 Å². The molecule has 0 aliphatic heterocycles. The predicted octanol–water partition coefficient (Wildman–Crippen LogP) is 16.6. The minimum atomic E-state index is -3.86.